The van der Waals surface area contributed by atoms with Gasteiger partial charge >= 0.3 is 5.97 Å². The van der Waals surface area contributed by atoms with Gasteiger partial charge in [0, 0.05) is 12.3 Å². The van der Waals surface area contributed by atoms with Crippen molar-refractivity contribution in [1.82, 2.24) is 15.2 Å². The fourth-order valence-corrected chi connectivity index (χ4v) is 1.40. The summed E-state index contributed by atoms with van der Waals surface area (Å²) in [5.41, 5.74) is -0.00302. The van der Waals surface area contributed by atoms with Crippen LogP contribution in [0, 0.1) is 0 Å². The lowest BCUT2D eigenvalue weighted by Crippen LogP contribution is -1.98. The van der Waals surface area contributed by atoms with Gasteiger partial charge in [-0.15, -0.1) is 10.2 Å². The van der Waals surface area contributed by atoms with E-state index in [9.17, 15) is 4.79 Å². The van der Waals surface area contributed by atoms with Crippen LogP contribution in [0.15, 0.2) is 24.5 Å². The summed E-state index contributed by atoms with van der Waals surface area (Å²) in [5.74, 6) is -0.730. The molecule has 0 radical (unpaired) electrons. The van der Waals surface area contributed by atoms with Crippen LogP contribution < -0.4 is 4.74 Å². The Kier molecular flexibility index (Phi) is 3.59. The Balaban J connectivity index is 2.31. The van der Waals surface area contributed by atoms with Gasteiger partial charge in [0.05, 0.1) is 11.8 Å². The maximum absolute atomic E-state index is 10.8. The van der Waals surface area contributed by atoms with E-state index in [0.717, 1.165) is 0 Å². The van der Waals surface area contributed by atoms with Crippen molar-refractivity contribution in [2.45, 2.75) is 0 Å². The summed E-state index contributed by atoms with van der Waals surface area (Å²) in [7, 11) is 0. The number of hydrogen-bond donors (Lipinski definition) is 1. The quantitative estimate of drug-likeness (QED) is 0.933. The molecule has 6 nitrogen and oxygen atoms in total. The molecular weight excluding hydrogens is 281 g/mol. The van der Waals surface area contributed by atoms with Crippen LogP contribution in [0.25, 0.3) is 0 Å². The third-order valence-corrected chi connectivity index (χ3v) is 2.32. The summed E-state index contributed by atoms with van der Waals surface area (Å²) in [6.45, 7) is 0. The SMILES string of the molecule is O=C(O)c1cncc(Oc2cc(Cl)nnc2Cl)c1. The van der Waals surface area contributed by atoms with Gasteiger partial charge in [0.2, 0.25) is 0 Å². The number of carboxylic acids is 1. The van der Waals surface area contributed by atoms with Crippen molar-refractivity contribution in [2.24, 2.45) is 0 Å². The molecule has 2 aromatic rings. The van der Waals surface area contributed by atoms with Gasteiger partial charge < -0.3 is 9.84 Å². The normalized spacial score (nSPS) is 10.1. The Morgan fingerprint density at radius 3 is 2.72 bits per heavy atom. The zero-order valence-corrected chi connectivity index (χ0v) is 10.2. The fourth-order valence-electron chi connectivity index (χ4n) is 1.13. The van der Waals surface area contributed by atoms with Gasteiger partial charge in [-0.3, -0.25) is 4.98 Å². The molecule has 0 atom stereocenters. The number of carboxylic acid groups (broad SMARTS) is 1. The van der Waals surface area contributed by atoms with Gasteiger partial charge in [-0.05, 0) is 6.07 Å². The predicted octanol–water partition coefficient (Wildman–Crippen LogP) is 2.67. The first-order valence-electron chi connectivity index (χ1n) is 4.61. The summed E-state index contributed by atoms with van der Waals surface area (Å²) >= 11 is 11.4. The van der Waals surface area contributed by atoms with Crippen LogP contribution in [-0.2, 0) is 0 Å². The second kappa shape index (κ2) is 5.16. The minimum absolute atomic E-state index is 0.00302. The van der Waals surface area contributed by atoms with Gasteiger partial charge in [-0.2, -0.15) is 0 Å². The van der Waals surface area contributed by atoms with Crippen molar-refractivity contribution >= 4 is 29.2 Å². The largest absolute Gasteiger partial charge is 0.478 e. The van der Waals surface area contributed by atoms with Crippen molar-refractivity contribution in [3.05, 3.63) is 40.4 Å². The van der Waals surface area contributed by atoms with E-state index in [0.29, 0.717) is 0 Å². The third-order valence-electron chi connectivity index (χ3n) is 1.87. The minimum atomic E-state index is -1.11. The lowest BCUT2D eigenvalue weighted by molar-refractivity contribution is 0.0696. The molecule has 2 rings (SSSR count). The molecule has 0 saturated carbocycles. The van der Waals surface area contributed by atoms with E-state index >= 15 is 0 Å². The van der Waals surface area contributed by atoms with Crippen LogP contribution in [-0.4, -0.2) is 26.3 Å². The number of ether oxygens (including phenoxy) is 1. The molecule has 0 saturated heterocycles. The van der Waals surface area contributed by atoms with Crippen molar-refractivity contribution < 1.29 is 14.6 Å². The van der Waals surface area contributed by atoms with E-state index in [1.54, 1.807) is 0 Å². The molecule has 0 aromatic carbocycles. The summed E-state index contributed by atoms with van der Waals surface area (Å²) in [6.07, 6.45) is 2.55. The molecule has 0 amide bonds. The average Bonchev–Trinajstić information content (AvgIpc) is 2.34. The molecule has 0 aliphatic rings. The second-order valence-corrected chi connectivity index (χ2v) is 3.88. The minimum Gasteiger partial charge on any atom is -0.478 e. The van der Waals surface area contributed by atoms with Crippen molar-refractivity contribution in [3.63, 3.8) is 0 Å². The van der Waals surface area contributed by atoms with E-state index in [1.165, 1.54) is 24.5 Å². The number of carbonyl (C=O) groups is 1. The molecule has 1 N–H and O–H groups in total. The maximum atomic E-state index is 10.8. The zero-order chi connectivity index (χ0) is 13.1. The number of nitrogens with zero attached hydrogens (tertiary/aromatic N) is 3. The molecule has 18 heavy (non-hydrogen) atoms. The number of rotatable bonds is 3. The molecule has 0 aliphatic carbocycles. The van der Waals surface area contributed by atoms with Gasteiger partial charge in [-0.25, -0.2) is 4.79 Å². The molecule has 0 spiro atoms. The zero-order valence-electron chi connectivity index (χ0n) is 8.67. The molecule has 2 heterocycles. The molecule has 0 aliphatic heterocycles. The summed E-state index contributed by atoms with van der Waals surface area (Å²) < 4.78 is 5.34. The van der Waals surface area contributed by atoms with Crippen LogP contribution in [0.4, 0.5) is 0 Å². The fraction of sp³-hybridized carbons (Fsp3) is 0. The van der Waals surface area contributed by atoms with Gasteiger partial charge in [0.1, 0.15) is 5.75 Å². The number of aromatic carboxylic acids is 1. The van der Waals surface area contributed by atoms with Crippen molar-refractivity contribution in [1.29, 1.82) is 0 Å². The maximum Gasteiger partial charge on any atom is 0.337 e. The molecular formula is C10H5Cl2N3O3. The smallest absolute Gasteiger partial charge is 0.337 e. The molecule has 92 valence electrons. The first-order chi connectivity index (χ1) is 8.56. The van der Waals surface area contributed by atoms with E-state index in [4.69, 9.17) is 33.0 Å². The number of pyridine rings is 1. The lowest BCUT2D eigenvalue weighted by Gasteiger charge is -2.06. The predicted molar refractivity (Wildman–Crippen MR) is 63.3 cm³/mol. The van der Waals surface area contributed by atoms with Gasteiger partial charge in [0.25, 0.3) is 0 Å². The molecule has 8 heteroatoms. The van der Waals surface area contributed by atoms with Gasteiger partial charge in [-0.1, -0.05) is 23.2 Å². The Hall–Kier alpha value is -1.92. The Morgan fingerprint density at radius 2 is 2.00 bits per heavy atom. The highest BCUT2D eigenvalue weighted by Crippen LogP contribution is 2.28. The Labute approximate surface area is 111 Å². The topological polar surface area (TPSA) is 85.2 Å². The molecule has 0 bridgehead atoms. The molecule has 0 unspecified atom stereocenters. The highest BCUT2D eigenvalue weighted by Gasteiger charge is 2.09. The van der Waals surface area contributed by atoms with Crippen LogP contribution in [0.5, 0.6) is 11.5 Å². The number of aromatic nitrogens is 3. The number of hydrogen-bond acceptors (Lipinski definition) is 5. The van der Waals surface area contributed by atoms with Crippen LogP contribution in [0.2, 0.25) is 10.3 Å². The lowest BCUT2D eigenvalue weighted by atomic mass is 10.3. The highest BCUT2D eigenvalue weighted by molar-refractivity contribution is 6.32. The third kappa shape index (κ3) is 2.85. The summed E-state index contributed by atoms with van der Waals surface area (Å²) in [6, 6.07) is 2.67. The van der Waals surface area contributed by atoms with Crippen LogP contribution in [0.3, 0.4) is 0 Å². The molecule has 0 fully saturated rings. The van der Waals surface area contributed by atoms with Gasteiger partial charge in [0.15, 0.2) is 16.1 Å². The van der Waals surface area contributed by atoms with E-state index in [-0.39, 0.29) is 27.4 Å². The second-order valence-electron chi connectivity index (χ2n) is 3.14. The first-order valence-corrected chi connectivity index (χ1v) is 5.37. The highest BCUT2D eigenvalue weighted by atomic mass is 35.5. The van der Waals surface area contributed by atoms with Crippen LogP contribution in [0.1, 0.15) is 10.4 Å². The monoisotopic (exact) mass is 285 g/mol. The molecule has 2 aromatic heterocycles. The van der Waals surface area contributed by atoms with E-state index < -0.39 is 5.97 Å². The average molecular weight is 286 g/mol. The van der Waals surface area contributed by atoms with Crippen molar-refractivity contribution in [3.8, 4) is 11.5 Å². The standard InChI is InChI=1S/C10H5Cl2N3O3/c11-8-2-7(9(12)15-14-8)18-6-1-5(10(16)17)3-13-4-6/h1-4H,(H,16,17). The van der Waals surface area contributed by atoms with E-state index in [2.05, 4.69) is 15.2 Å². The Morgan fingerprint density at radius 1 is 1.22 bits per heavy atom. The first kappa shape index (κ1) is 12.5. The summed E-state index contributed by atoms with van der Waals surface area (Å²) in [4.78, 5) is 14.5. The van der Waals surface area contributed by atoms with E-state index in [1.807, 2.05) is 0 Å². The Bertz CT molecular complexity index is 607. The summed E-state index contributed by atoms with van der Waals surface area (Å²) in [5, 5.41) is 16.0. The van der Waals surface area contributed by atoms with Crippen molar-refractivity contribution in [2.75, 3.05) is 0 Å². The van der Waals surface area contributed by atoms with Crippen LogP contribution >= 0.6 is 23.2 Å². The number of halogens is 2.